The van der Waals surface area contributed by atoms with Crippen LogP contribution in [0.3, 0.4) is 0 Å². The highest BCUT2D eigenvalue weighted by Crippen LogP contribution is 2.43. The van der Waals surface area contributed by atoms with E-state index in [0.29, 0.717) is 32.0 Å². The number of carbonyl (C=O) groups excluding carboxylic acids is 1. The molecule has 2 unspecified atom stereocenters. The quantitative estimate of drug-likeness (QED) is 0.456. The first kappa shape index (κ1) is 25.3. The number of hydrogen-bond donors (Lipinski definition) is 1. The first-order valence-electron chi connectivity index (χ1n) is 10.1. The molecule has 0 saturated carbocycles. The lowest BCUT2D eigenvalue weighted by Gasteiger charge is -2.36. The van der Waals surface area contributed by atoms with Crippen molar-refractivity contribution in [3.8, 4) is 0 Å². The zero-order chi connectivity index (χ0) is 23.3. The molecule has 4 nitrogen and oxygen atoms in total. The molecular weight excluding hydrogens is 455 g/mol. The fourth-order valence-corrected chi connectivity index (χ4v) is 3.98. The summed E-state index contributed by atoms with van der Waals surface area (Å²) in [6.07, 6.45) is 3.42. The van der Waals surface area contributed by atoms with E-state index in [0.717, 1.165) is 0 Å². The highest BCUT2D eigenvalue weighted by atomic mass is 35.5. The van der Waals surface area contributed by atoms with Gasteiger partial charge in [0.15, 0.2) is 5.72 Å². The fraction of sp³-hybridized carbons (Fsp3) is 0.292. The zero-order valence-electron chi connectivity index (χ0n) is 18.2. The van der Waals surface area contributed by atoms with Crippen molar-refractivity contribution >= 4 is 52.2 Å². The Kier molecular flexibility index (Phi) is 8.61. The Balaban J connectivity index is 0.00000166. The predicted molar refractivity (Wildman–Crippen MR) is 132 cm³/mol. The fourth-order valence-electron chi connectivity index (χ4n) is 3.61. The van der Waals surface area contributed by atoms with Crippen LogP contribution in [0.2, 0.25) is 10.0 Å². The van der Waals surface area contributed by atoms with Gasteiger partial charge in [-0.15, -0.1) is 0 Å². The number of benzene rings is 2. The third-order valence-corrected chi connectivity index (χ3v) is 5.60. The van der Waals surface area contributed by atoms with Crippen molar-refractivity contribution in [3.63, 3.8) is 0 Å². The number of anilines is 2. The number of rotatable bonds is 4. The van der Waals surface area contributed by atoms with Gasteiger partial charge in [0.2, 0.25) is 0 Å². The van der Waals surface area contributed by atoms with Gasteiger partial charge in [-0.25, -0.2) is 4.79 Å². The monoisotopic (exact) mass is 480 g/mol. The average molecular weight is 482 g/mol. The maximum atomic E-state index is 13.6. The maximum absolute atomic E-state index is 13.6. The van der Waals surface area contributed by atoms with Gasteiger partial charge in [0.25, 0.3) is 0 Å². The van der Waals surface area contributed by atoms with Crippen molar-refractivity contribution in [3.05, 3.63) is 81.3 Å². The van der Waals surface area contributed by atoms with Crippen LogP contribution in [0.5, 0.6) is 0 Å². The van der Waals surface area contributed by atoms with Crippen molar-refractivity contribution in [2.45, 2.75) is 46.4 Å². The molecule has 1 saturated heterocycles. The van der Waals surface area contributed by atoms with Crippen LogP contribution in [0.25, 0.3) is 0 Å². The molecule has 2 atom stereocenters. The highest BCUT2D eigenvalue weighted by Gasteiger charge is 2.57. The number of amides is 2. The standard InChI is InChI=1S/C22H21Cl3N2O2.C2H6/c1-4-16(13-14(2)23)22(29)15(3)26(19-9-5-17(24)6-10-19)21(28)27(22)20-11-7-18(25)8-12-20;1-2/h4-13,15,29H,1-3H3;1-2H3/b14-13+,16-4+;. The van der Waals surface area contributed by atoms with Crippen LogP contribution in [0.1, 0.15) is 34.6 Å². The predicted octanol–water partition coefficient (Wildman–Crippen LogP) is 7.63. The van der Waals surface area contributed by atoms with Gasteiger partial charge in [-0.1, -0.05) is 54.7 Å². The topological polar surface area (TPSA) is 43.8 Å². The summed E-state index contributed by atoms with van der Waals surface area (Å²) in [6.45, 7) is 9.31. The summed E-state index contributed by atoms with van der Waals surface area (Å²) in [4.78, 5) is 16.5. The van der Waals surface area contributed by atoms with Crippen LogP contribution >= 0.6 is 34.8 Å². The van der Waals surface area contributed by atoms with Crippen LogP contribution in [-0.2, 0) is 0 Å². The lowest BCUT2D eigenvalue weighted by Crippen LogP contribution is -2.52. The van der Waals surface area contributed by atoms with Crippen molar-refractivity contribution in [1.82, 2.24) is 0 Å². The van der Waals surface area contributed by atoms with Crippen LogP contribution < -0.4 is 9.80 Å². The molecule has 1 fully saturated rings. The second-order valence-electron chi connectivity index (χ2n) is 6.82. The van der Waals surface area contributed by atoms with Gasteiger partial charge >= 0.3 is 6.03 Å². The summed E-state index contributed by atoms with van der Waals surface area (Å²) in [5.41, 5.74) is 0.00129. The SMILES string of the molecule is C/C=C(\C=C(/C)Cl)C1(O)C(C)N(c2ccc(Cl)cc2)C(=O)N1c1ccc(Cl)cc1.CC. The van der Waals surface area contributed by atoms with Gasteiger partial charge in [0.1, 0.15) is 0 Å². The van der Waals surface area contributed by atoms with Gasteiger partial charge in [-0.3, -0.25) is 9.80 Å². The minimum absolute atomic E-state index is 0.371. The van der Waals surface area contributed by atoms with Gasteiger partial charge < -0.3 is 5.11 Å². The molecule has 166 valence electrons. The molecule has 0 aliphatic carbocycles. The second kappa shape index (κ2) is 10.6. The van der Waals surface area contributed by atoms with Gasteiger partial charge in [0, 0.05) is 32.0 Å². The molecule has 2 aromatic rings. The molecule has 1 aliphatic rings. The minimum atomic E-state index is -1.66. The molecule has 2 amide bonds. The first-order chi connectivity index (χ1) is 14.7. The molecule has 0 aromatic heterocycles. The van der Waals surface area contributed by atoms with E-state index < -0.39 is 11.8 Å². The van der Waals surface area contributed by atoms with E-state index >= 15 is 0 Å². The molecule has 1 aliphatic heterocycles. The first-order valence-corrected chi connectivity index (χ1v) is 11.2. The molecule has 0 radical (unpaired) electrons. The normalized spacial score (nSPS) is 21.8. The van der Waals surface area contributed by atoms with E-state index in [1.54, 1.807) is 86.4 Å². The molecule has 0 bridgehead atoms. The van der Waals surface area contributed by atoms with E-state index in [-0.39, 0.29) is 6.03 Å². The number of halogens is 3. The van der Waals surface area contributed by atoms with Crippen LogP contribution in [0, 0.1) is 0 Å². The van der Waals surface area contributed by atoms with E-state index in [1.165, 1.54) is 4.90 Å². The van der Waals surface area contributed by atoms with E-state index in [9.17, 15) is 9.90 Å². The summed E-state index contributed by atoms with van der Waals surface area (Å²) in [5, 5.41) is 13.5. The summed E-state index contributed by atoms with van der Waals surface area (Å²) in [6, 6.07) is 12.7. The number of hydrogen-bond acceptors (Lipinski definition) is 2. The van der Waals surface area contributed by atoms with Crippen molar-refractivity contribution in [1.29, 1.82) is 0 Å². The lowest BCUT2D eigenvalue weighted by molar-refractivity contribution is 0.0815. The van der Waals surface area contributed by atoms with E-state index in [1.807, 2.05) is 13.8 Å². The Bertz CT molecular complexity index is 967. The van der Waals surface area contributed by atoms with Crippen molar-refractivity contribution in [2.75, 3.05) is 9.80 Å². The minimum Gasteiger partial charge on any atom is -0.365 e. The number of allylic oxidation sites excluding steroid dienone is 2. The molecule has 0 spiro atoms. The van der Waals surface area contributed by atoms with E-state index in [4.69, 9.17) is 34.8 Å². The summed E-state index contributed by atoms with van der Waals surface area (Å²) in [5.74, 6) is 0. The van der Waals surface area contributed by atoms with Crippen molar-refractivity contribution in [2.24, 2.45) is 0 Å². The zero-order valence-corrected chi connectivity index (χ0v) is 20.5. The van der Waals surface area contributed by atoms with Crippen LogP contribution in [0.4, 0.5) is 16.2 Å². The summed E-state index contributed by atoms with van der Waals surface area (Å²) < 4.78 is 0. The Morgan fingerprint density at radius 3 is 1.87 bits per heavy atom. The third kappa shape index (κ3) is 4.93. The number of nitrogens with zero attached hydrogens (tertiary/aromatic N) is 2. The molecule has 31 heavy (non-hydrogen) atoms. The molecule has 7 heteroatoms. The van der Waals surface area contributed by atoms with Crippen LogP contribution in [0.15, 0.2) is 71.3 Å². The molecule has 1 N–H and O–H groups in total. The Labute approximate surface area is 199 Å². The number of carbonyl (C=O) groups is 1. The summed E-state index contributed by atoms with van der Waals surface area (Å²) in [7, 11) is 0. The van der Waals surface area contributed by atoms with Gasteiger partial charge in [-0.05, 0) is 75.4 Å². The molecule has 1 heterocycles. The third-order valence-electron chi connectivity index (χ3n) is 4.99. The average Bonchev–Trinajstić information content (AvgIpc) is 2.95. The Morgan fingerprint density at radius 1 is 1.00 bits per heavy atom. The van der Waals surface area contributed by atoms with Gasteiger partial charge in [0.05, 0.1) is 6.04 Å². The lowest BCUT2D eigenvalue weighted by atomic mass is 9.93. The van der Waals surface area contributed by atoms with Crippen LogP contribution in [-0.4, -0.2) is 22.9 Å². The van der Waals surface area contributed by atoms with E-state index in [2.05, 4.69) is 0 Å². The number of urea groups is 1. The largest absolute Gasteiger partial charge is 0.365 e. The molecule has 3 rings (SSSR count). The smallest absolute Gasteiger partial charge is 0.332 e. The van der Waals surface area contributed by atoms with Crippen molar-refractivity contribution < 1.29 is 9.90 Å². The Morgan fingerprint density at radius 2 is 1.45 bits per heavy atom. The second-order valence-corrected chi connectivity index (χ2v) is 8.29. The highest BCUT2D eigenvalue weighted by molar-refractivity contribution is 6.31. The molecule has 2 aromatic carbocycles. The maximum Gasteiger partial charge on any atom is 0.332 e. The number of aliphatic hydroxyl groups is 1. The molecular formula is C24H27Cl3N2O2. The summed E-state index contributed by atoms with van der Waals surface area (Å²) >= 11 is 18.2. The Hall–Kier alpha value is -1.98. The van der Waals surface area contributed by atoms with Gasteiger partial charge in [-0.2, -0.15) is 0 Å².